The zero-order valence-corrected chi connectivity index (χ0v) is 13.8. The van der Waals surface area contributed by atoms with Gasteiger partial charge in [0, 0.05) is 28.2 Å². The summed E-state index contributed by atoms with van der Waals surface area (Å²) in [5, 5.41) is 5.09. The van der Waals surface area contributed by atoms with E-state index in [4.69, 9.17) is 11.2 Å². The van der Waals surface area contributed by atoms with Crippen molar-refractivity contribution in [1.82, 2.24) is 9.99 Å². The van der Waals surface area contributed by atoms with Crippen molar-refractivity contribution in [3.63, 3.8) is 0 Å². The molecule has 25 heavy (non-hydrogen) atoms. The second-order valence-corrected chi connectivity index (χ2v) is 5.36. The minimum Gasteiger partial charge on any atom is -0.497 e. The number of benzene rings is 2. The van der Waals surface area contributed by atoms with Crippen LogP contribution in [0.2, 0.25) is 0 Å². The maximum Gasteiger partial charge on any atom is 0.271 e. The largest absolute Gasteiger partial charge is 0.497 e. The Morgan fingerprint density at radius 1 is 1.28 bits per heavy atom. The average Bonchev–Trinajstić information content (AvgIpc) is 3.00. The maximum absolute atomic E-state index is 12.1. The summed E-state index contributed by atoms with van der Waals surface area (Å²) in [6.45, 7) is 0.479. The molecule has 2 aromatic carbocycles. The smallest absolute Gasteiger partial charge is 0.271 e. The number of terminal acetylenes is 1. The molecule has 0 atom stereocenters. The Hall–Kier alpha value is -3.52. The molecule has 5 heteroatoms. The van der Waals surface area contributed by atoms with Crippen LogP contribution in [0.1, 0.15) is 15.9 Å². The Morgan fingerprint density at radius 2 is 2.04 bits per heavy atom. The summed E-state index contributed by atoms with van der Waals surface area (Å²) in [6, 6.07) is 14.7. The van der Waals surface area contributed by atoms with Crippen molar-refractivity contribution in [1.29, 1.82) is 0 Å². The minimum absolute atomic E-state index is 0.286. The van der Waals surface area contributed by atoms with Crippen LogP contribution in [0.4, 0.5) is 0 Å². The van der Waals surface area contributed by atoms with Gasteiger partial charge in [0.25, 0.3) is 5.91 Å². The highest BCUT2D eigenvalue weighted by Crippen LogP contribution is 2.19. The summed E-state index contributed by atoms with van der Waals surface area (Å²) in [5.74, 6) is 3.04. The summed E-state index contributed by atoms with van der Waals surface area (Å²) < 4.78 is 7.05. The Morgan fingerprint density at radius 3 is 2.76 bits per heavy atom. The lowest BCUT2D eigenvalue weighted by atomic mass is 10.2. The SMILES string of the molecule is C#CCn1cc(/C=N/NC(=O)c2ccc(OC)cc2)c2ccccc21. The number of nitrogens with zero attached hydrogens (tertiary/aromatic N) is 2. The van der Waals surface area contributed by atoms with Crippen molar-refractivity contribution in [2.75, 3.05) is 7.11 Å². The van der Waals surface area contributed by atoms with Gasteiger partial charge in [-0.2, -0.15) is 5.10 Å². The number of fused-ring (bicyclic) bond motifs is 1. The molecule has 5 nitrogen and oxygen atoms in total. The number of methoxy groups -OCH3 is 1. The third kappa shape index (κ3) is 3.54. The van der Waals surface area contributed by atoms with E-state index in [0.29, 0.717) is 17.9 Å². The quantitative estimate of drug-likeness (QED) is 0.444. The van der Waals surface area contributed by atoms with Crippen molar-refractivity contribution in [3.05, 3.63) is 65.9 Å². The van der Waals surface area contributed by atoms with Crippen LogP contribution < -0.4 is 10.2 Å². The summed E-state index contributed by atoms with van der Waals surface area (Å²) in [6.07, 6.45) is 8.96. The second-order valence-electron chi connectivity index (χ2n) is 5.36. The molecule has 1 heterocycles. The molecule has 3 aromatic rings. The molecule has 0 bridgehead atoms. The molecule has 0 spiro atoms. The zero-order chi connectivity index (χ0) is 17.6. The van der Waals surface area contributed by atoms with Gasteiger partial charge in [0.2, 0.25) is 0 Å². The molecule has 124 valence electrons. The van der Waals surface area contributed by atoms with Crippen molar-refractivity contribution in [3.8, 4) is 18.1 Å². The van der Waals surface area contributed by atoms with Crippen molar-refractivity contribution in [2.45, 2.75) is 6.54 Å². The molecule has 0 unspecified atom stereocenters. The molecule has 0 aliphatic rings. The van der Waals surface area contributed by atoms with E-state index in [1.807, 2.05) is 35.0 Å². The lowest BCUT2D eigenvalue weighted by Gasteiger charge is -2.01. The lowest BCUT2D eigenvalue weighted by molar-refractivity contribution is 0.0955. The molecule has 1 N–H and O–H groups in total. The number of hydrazone groups is 1. The lowest BCUT2D eigenvalue weighted by Crippen LogP contribution is -2.17. The van der Waals surface area contributed by atoms with Crippen LogP contribution in [0.25, 0.3) is 10.9 Å². The average molecular weight is 331 g/mol. The Kier molecular flexibility index (Phi) is 4.82. The van der Waals surface area contributed by atoms with Crippen LogP contribution in [0, 0.1) is 12.3 Å². The zero-order valence-electron chi connectivity index (χ0n) is 13.8. The van der Waals surface area contributed by atoms with Crippen LogP contribution in [-0.4, -0.2) is 23.8 Å². The first-order chi connectivity index (χ1) is 12.2. The molecule has 0 aliphatic carbocycles. The highest BCUT2D eigenvalue weighted by Gasteiger charge is 2.07. The third-order valence-corrected chi connectivity index (χ3v) is 3.80. The molecule has 0 fully saturated rings. The van der Waals surface area contributed by atoms with Crippen LogP contribution in [0.3, 0.4) is 0 Å². The minimum atomic E-state index is -0.286. The Labute approximate surface area is 145 Å². The maximum atomic E-state index is 12.1. The van der Waals surface area contributed by atoms with Gasteiger partial charge < -0.3 is 9.30 Å². The van der Waals surface area contributed by atoms with Gasteiger partial charge in [-0.25, -0.2) is 5.43 Å². The number of rotatable bonds is 5. The first kappa shape index (κ1) is 16.3. The topological polar surface area (TPSA) is 55.6 Å². The summed E-state index contributed by atoms with van der Waals surface area (Å²) >= 11 is 0. The van der Waals surface area contributed by atoms with E-state index in [-0.39, 0.29) is 5.91 Å². The number of nitrogens with one attached hydrogen (secondary N) is 1. The number of hydrogen-bond acceptors (Lipinski definition) is 3. The van der Waals surface area contributed by atoms with Gasteiger partial charge in [-0.1, -0.05) is 24.1 Å². The Balaban J connectivity index is 1.77. The van der Waals surface area contributed by atoms with E-state index >= 15 is 0 Å². The number of ether oxygens (including phenoxy) is 1. The van der Waals surface area contributed by atoms with Gasteiger partial charge in [0.05, 0.1) is 19.9 Å². The monoisotopic (exact) mass is 331 g/mol. The predicted molar refractivity (Wildman–Crippen MR) is 98.8 cm³/mol. The van der Waals surface area contributed by atoms with Gasteiger partial charge in [0.1, 0.15) is 5.75 Å². The summed E-state index contributed by atoms with van der Waals surface area (Å²) in [5.41, 5.74) is 4.96. The first-order valence-electron chi connectivity index (χ1n) is 7.71. The molecule has 0 aliphatic heterocycles. The van der Waals surface area contributed by atoms with E-state index in [1.165, 1.54) is 0 Å². The fourth-order valence-electron chi connectivity index (χ4n) is 2.57. The number of amides is 1. The summed E-state index contributed by atoms with van der Waals surface area (Å²) in [4.78, 5) is 12.1. The molecule has 0 saturated heterocycles. The number of para-hydroxylation sites is 1. The Bertz CT molecular complexity index is 963. The van der Waals surface area contributed by atoms with Crippen LogP contribution in [0.5, 0.6) is 5.75 Å². The fourth-order valence-corrected chi connectivity index (χ4v) is 2.57. The van der Waals surface area contributed by atoms with E-state index < -0.39 is 0 Å². The number of carbonyl (C=O) groups excluding carboxylic acids is 1. The molecular weight excluding hydrogens is 314 g/mol. The van der Waals surface area contributed by atoms with Gasteiger partial charge >= 0.3 is 0 Å². The fraction of sp³-hybridized carbons (Fsp3) is 0.100. The second kappa shape index (κ2) is 7.37. The van der Waals surface area contributed by atoms with E-state index in [1.54, 1.807) is 37.6 Å². The standard InChI is InChI=1S/C20H17N3O2/c1-3-12-23-14-16(18-6-4-5-7-19(18)23)13-21-22-20(24)15-8-10-17(25-2)11-9-15/h1,4-11,13-14H,12H2,2H3,(H,22,24)/b21-13+. The van der Waals surface area contributed by atoms with Crippen molar-refractivity contribution < 1.29 is 9.53 Å². The highest BCUT2D eigenvalue weighted by atomic mass is 16.5. The number of aromatic nitrogens is 1. The predicted octanol–water partition coefficient (Wildman–Crippen LogP) is 3.05. The molecule has 3 rings (SSSR count). The van der Waals surface area contributed by atoms with Crippen LogP contribution in [0.15, 0.2) is 59.8 Å². The first-order valence-corrected chi connectivity index (χ1v) is 7.71. The van der Waals surface area contributed by atoms with Gasteiger partial charge in [-0.05, 0) is 30.3 Å². The molecular formula is C20H17N3O2. The molecule has 0 saturated carbocycles. The van der Waals surface area contributed by atoms with E-state index in [2.05, 4.69) is 16.4 Å². The molecule has 1 aromatic heterocycles. The van der Waals surface area contributed by atoms with Crippen molar-refractivity contribution in [2.24, 2.45) is 5.10 Å². The highest BCUT2D eigenvalue weighted by molar-refractivity contribution is 6.00. The van der Waals surface area contributed by atoms with E-state index in [0.717, 1.165) is 16.5 Å². The summed E-state index contributed by atoms with van der Waals surface area (Å²) in [7, 11) is 1.58. The van der Waals surface area contributed by atoms with Crippen LogP contribution >= 0.6 is 0 Å². The van der Waals surface area contributed by atoms with Gasteiger partial charge in [-0.3, -0.25) is 4.79 Å². The third-order valence-electron chi connectivity index (χ3n) is 3.80. The van der Waals surface area contributed by atoms with E-state index in [9.17, 15) is 4.79 Å². The normalized spacial score (nSPS) is 10.7. The molecule has 0 radical (unpaired) electrons. The molecule has 1 amide bonds. The number of hydrogen-bond donors (Lipinski definition) is 1. The van der Waals surface area contributed by atoms with Crippen molar-refractivity contribution >= 4 is 23.0 Å². The van der Waals surface area contributed by atoms with Gasteiger partial charge in [-0.15, -0.1) is 6.42 Å². The van der Waals surface area contributed by atoms with Crippen LogP contribution in [-0.2, 0) is 6.54 Å². The number of carbonyl (C=O) groups is 1. The van der Waals surface area contributed by atoms with Gasteiger partial charge in [0.15, 0.2) is 0 Å².